The highest BCUT2D eigenvalue weighted by Crippen LogP contribution is 2.22. The molecule has 0 fully saturated rings. The molecule has 0 atom stereocenters. The molecule has 0 saturated heterocycles. The Morgan fingerprint density at radius 2 is 1.74 bits per heavy atom. The van der Waals surface area contributed by atoms with Crippen molar-refractivity contribution in [3.63, 3.8) is 0 Å². The molecule has 1 aromatic carbocycles. The van der Waals surface area contributed by atoms with Gasteiger partial charge in [0.15, 0.2) is 0 Å². The highest BCUT2D eigenvalue weighted by Gasteiger charge is 2.10. The molecule has 0 radical (unpaired) electrons. The predicted octanol–water partition coefficient (Wildman–Crippen LogP) is 3.83. The van der Waals surface area contributed by atoms with Gasteiger partial charge in [-0.15, -0.1) is 0 Å². The van der Waals surface area contributed by atoms with Gasteiger partial charge < -0.3 is 9.47 Å². The zero-order chi connectivity index (χ0) is 14.3. The Bertz CT molecular complexity index is 444. The topological polar surface area (TPSA) is 35.5 Å². The van der Waals surface area contributed by atoms with Gasteiger partial charge in [-0.3, -0.25) is 0 Å². The van der Waals surface area contributed by atoms with Crippen LogP contribution in [0.2, 0.25) is 0 Å². The highest BCUT2D eigenvalue weighted by atomic mass is 16.5. The van der Waals surface area contributed by atoms with Crippen LogP contribution in [0.1, 0.15) is 39.7 Å². The maximum atomic E-state index is 11.7. The predicted molar refractivity (Wildman–Crippen MR) is 77.1 cm³/mol. The smallest absolute Gasteiger partial charge is 0.333 e. The fourth-order valence-corrected chi connectivity index (χ4v) is 1.63. The van der Waals surface area contributed by atoms with Crippen molar-refractivity contribution in [1.82, 2.24) is 0 Å². The number of hydrogen-bond donors (Lipinski definition) is 0. The molecule has 0 N–H and O–H groups in total. The van der Waals surface area contributed by atoms with Crippen molar-refractivity contribution in [2.45, 2.75) is 34.1 Å². The molecule has 0 aromatic heterocycles. The monoisotopic (exact) mass is 262 g/mol. The van der Waals surface area contributed by atoms with Gasteiger partial charge in [-0.05, 0) is 50.5 Å². The second-order valence-electron chi connectivity index (χ2n) is 4.34. The summed E-state index contributed by atoms with van der Waals surface area (Å²) in [6.45, 7) is 8.70. The number of ether oxygens (including phenoxy) is 2. The average Bonchev–Trinajstić information content (AvgIpc) is 2.44. The minimum Gasteiger partial charge on any atom is -0.494 e. The average molecular weight is 262 g/mol. The largest absolute Gasteiger partial charge is 0.494 e. The summed E-state index contributed by atoms with van der Waals surface area (Å²) in [5.41, 5.74) is 2.58. The minimum absolute atomic E-state index is 0.258. The molecule has 0 aliphatic carbocycles. The molecular weight excluding hydrogens is 240 g/mol. The first kappa shape index (κ1) is 15.3. The lowest BCUT2D eigenvalue weighted by molar-refractivity contribution is -0.138. The third kappa shape index (κ3) is 4.43. The standard InChI is InChI=1S/C16H22O3/c1-5-11-19-15-9-7-14(8-10-15)12(3)13(4)16(17)18-6-2/h7-10H,5-6,11H2,1-4H3/b13-12-. The molecule has 0 saturated carbocycles. The van der Waals surface area contributed by atoms with Gasteiger partial charge in [-0.1, -0.05) is 19.1 Å². The van der Waals surface area contributed by atoms with Crippen LogP contribution in [0.15, 0.2) is 29.8 Å². The molecule has 0 unspecified atom stereocenters. The Labute approximate surface area is 115 Å². The summed E-state index contributed by atoms with van der Waals surface area (Å²) >= 11 is 0. The van der Waals surface area contributed by atoms with Gasteiger partial charge in [0.25, 0.3) is 0 Å². The molecule has 0 spiro atoms. The minimum atomic E-state index is -0.258. The molecular formula is C16H22O3. The van der Waals surface area contributed by atoms with Crippen LogP contribution in [-0.2, 0) is 9.53 Å². The molecule has 1 aromatic rings. The lowest BCUT2D eigenvalue weighted by Gasteiger charge is -2.09. The van der Waals surface area contributed by atoms with Crippen molar-refractivity contribution in [2.24, 2.45) is 0 Å². The van der Waals surface area contributed by atoms with Crippen molar-refractivity contribution in [1.29, 1.82) is 0 Å². The lowest BCUT2D eigenvalue weighted by Crippen LogP contribution is -2.06. The van der Waals surface area contributed by atoms with Gasteiger partial charge in [0.1, 0.15) is 5.75 Å². The maximum Gasteiger partial charge on any atom is 0.333 e. The summed E-state index contributed by atoms with van der Waals surface area (Å²) in [5, 5.41) is 0. The summed E-state index contributed by atoms with van der Waals surface area (Å²) in [5.74, 6) is 0.596. The van der Waals surface area contributed by atoms with E-state index in [2.05, 4.69) is 6.92 Å². The first-order chi connectivity index (χ1) is 9.10. The van der Waals surface area contributed by atoms with Gasteiger partial charge in [-0.2, -0.15) is 0 Å². The van der Waals surface area contributed by atoms with Crippen LogP contribution in [0.5, 0.6) is 5.75 Å². The summed E-state index contributed by atoms with van der Waals surface area (Å²) in [4.78, 5) is 11.7. The van der Waals surface area contributed by atoms with Crippen LogP contribution in [-0.4, -0.2) is 19.2 Å². The highest BCUT2D eigenvalue weighted by molar-refractivity contribution is 5.96. The lowest BCUT2D eigenvalue weighted by atomic mass is 10.0. The van der Waals surface area contributed by atoms with E-state index in [0.717, 1.165) is 29.9 Å². The number of carbonyl (C=O) groups is 1. The fourth-order valence-electron chi connectivity index (χ4n) is 1.63. The zero-order valence-electron chi connectivity index (χ0n) is 12.2. The zero-order valence-corrected chi connectivity index (χ0v) is 12.2. The van der Waals surface area contributed by atoms with Gasteiger partial charge in [0.05, 0.1) is 13.2 Å². The van der Waals surface area contributed by atoms with Crippen LogP contribution >= 0.6 is 0 Å². The van der Waals surface area contributed by atoms with E-state index in [4.69, 9.17) is 9.47 Å². The third-order valence-corrected chi connectivity index (χ3v) is 2.90. The number of esters is 1. The van der Waals surface area contributed by atoms with Crippen LogP contribution in [0.4, 0.5) is 0 Å². The van der Waals surface area contributed by atoms with Gasteiger partial charge in [0.2, 0.25) is 0 Å². The first-order valence-electron chi connectivity index (χ1n) is 6.68. The van der Waals surface area contributed by atoms with Crippen molar-refractivity contribution in [2.75, 3.05) is 13.2 Å². The van der Waals surface area contributed by atoms with Gasteiger partial charge >= 0.3 is 5.97 Å². The number of rotatable bonds is 6. The van der Waals surface area contributed by atoms with Crippen LogP contribution in [0, 0.1) is 0 Å². The fraction of sp³-hybridized carbons (Fsp3) is 0.438. The molecule has 0 amide bonds. The Morgan fingerprint density at radius 1 is 1.11 bits per heavy atom. The summed E-state index contributed by atoms with van der Waals surface area (Å²) in [6.07, 6.45) is 0.989. The van der Waals surface area contributed by atoms with E-state index >= 15 is 0 Å². The number of hydrogen-bond acceptors (Lipinski definition) is 3. The maximum absolute atomic E-state index is 11.7. The number of allylic oxidation sites excluding steroid dienone is 1. The molecule has 3 nitrogen and oxygen atoms in total. The van der Waals surface area contributed by atoms with E-state index in [1.807, 2.05) is 31.2 Å². The Kier molecular flexibility index (Phi) is 6.13. The summed E-state index contributed by atoms with van der Waals surface area (Å²) < 4.78 is 10.5. The van der Waals surface area contributed by atoms with Crippen molar-refractivity contribution in [3.05, 3.63) is 35.4 Å². The molecule has 3 heteroatoms. The molecule has 1 rings (SSSR count). The Balaban J connectivity index is 2.84. The SMILES string of the molecule is CCCOc1ccc(/C(C)=C(/C)C(=O)OCC)cc1. The van der Waals surface area contributed by atoms with E-state index < -0.39 is 0 Å². The number of benzene rings is 1. The molecule has 0 aliphatic heterocycles. The summed E-state index contributed by atoms with van der Waals surface area (Å²) in [7, 11) is 0. The van der Waals surface area contributed by atoms with Crippen LogP contribution in [0.3, 0.4) is 0 Å². The molecule has 19 heavy (non-hydrogen) atoms. The van der Waals surface area contributed by atoms with Crippen molar-refractivity contribution >= 4 is 11.5 Å². The van der Waals surface area contributed by atoms with Gasteiger partial charge in [0, 0.05) is 5.57 Å². The second kappa shape index (κ2) is 7.62. The van der Waals surface area contributed by atoms with Gasteiger partial charge in [-0.25, -0.2) is 4.79 Å². The Morgan fingerprint density at radius 3 is 2.26 bits per heavy atom. The second-order valence-corrected chi connectivity index (χ2v) is 4.34. The van der Waals surface area contributed by atoms with E-state index in [-0.39, 0.29) is 5.97 Å². The van der Waals surface area contributed by atoms with E-state index in [9.17, 15) is 4.79 Å². The van der Waals surface area contributed by atoms with E-state index in [1.54, 1.807) is 13.8 Å². The van der Waals surface area contributed by atoms with E-state index in [0.29, 0.717) is 12.2 Å². The normalized spacial score (nSPS) is 11.8. The number of carbonyl (C=O) groups excluding carboxylic acids is 1. The third-order valence-electron chi connectivity index (χ3n) is 2.90. The molecule has 0 aliphatic rings. The van der Waals surface area contributed by atoms with Crippen LogP contribution in [0.25, 0.3) is 5.57 Å². The van der Waals surface area contributed by atoms with Crippen molar-refractivity contribution < 1.29 is 14.3 Å². The van der Waals surface area contributed by atoms with E-state index in [1.165, 1.54) is 0 Å². The van der Waals surface area contributed by atoms with Crippen LogP contribution < -0.4 is 4.74 Å². The van der Waals surface area contributed by atoms with Crippen molar-refractivity contribution in [3.8, 4) is 5.75 Å². The molecule has 0 bridgehead atoms. The summed E-state index contributed by atoms with van der Waals surface area (Å²) in [6, 6.07) is 7.77. The molecule has 104 valence electrons. The first-order valence-corrected chi connectivity index (χ1v) is 6.68. The Hall–Kier alpha value is -1.77. The molecule has 0 heterocycles. The quantitative estimate of drug-likeness (QED) is 0.577.